The molecule has 204 valence electrons. The van der Waals surface area contributed by atoms with Gasteiger partial charge in [0.15, 0.2) is 23.0 Å². The van der Waals surface area contributed by atoms with Gasteiger partial charge in [-0.15, -0.1) is 0 Å². The van der Waals surface area contributed by atoms with Gasteiger partial charge in [0, 0.05) is 25.1 Å². The highest BCUT2D eigenvalue weighted by Gasteiger charge is 2.29. The van der Waals surface area contributed by atoms with Gasteiger partial charge in [-0.05, 0) is 53.9 Å². The lowest BCUT2D eigenvalue weighted by molar-refractivity contribution is -0.121. The van der Waals surface area contributed by atoms with E-state index in [0.29, 0.717) is 34.8 Å². The number of aromatic hydroxyl groups is 3. The van der Waals surface area contributed by atoms with Crippen molar-refractivity contribution in [3.05, 3.63) is 81.8 Å². The average Bonchev–Trinajstić information content (AvgIpc) is 2.93. The van der Waals surface area contributed by atoms with E-state index in [2.05, 4.69) is 10.3 Å². The van der Waals surface area contributed by atoms with Gasteiger partial charge >= 0.3 is 0 Å². The number of aromatic nitrogens is 2. The van der Waals surface area contributed by atoms with E-state index in [-0.39, 0.29) is 35.7 Å². The summed E-state index contributed by atoms with van der Waals surface area (Å²) in [6, 6.07) is 12.6. The number of rotatable bonds is 10. The summed E-state index contributed by atoms with van der Waals surface area (Å²) in [5, 5.41) is 32.9. The van der Waals surface area contributed by atoms with E-state index in [4.69, 9.17) is 14.2 Å². The zero-order valence-electron chi connectivity index (χ0n) is 21.7. The van der Waals surface area contributed by atoms with Crippen molar-refractivity contribution in [1.82, 2.24) is 14.7 Å². The number of ether oxygens (including phenoxy) is 3. The maximum absolute atomic E-state index is 13.5. The van der Waals surface area contributed by atoms with Crippen molar-refractivity contribution < 1.29 is 34.3 Å². The first-order valence-electron chi connectivity index (χ1n) is 12.0. The fraction of sp³-hybridized carbons (Fsp3) is 0.250. The highest BCUT2D eigenvalue weighted by atomic mass is 16.5. The number of nitrogens with one attached hydrogen (secondary N) is 1. The number of nitrogens with zero attached hydrogens (tertiary/aromatic N) is 2. The molecule has 0 saturated heterocycles. The summed E-state index contributed by atoms with van der Waals surface area (Å²) in [7, 11) is 4.37. The lowest BCUT2D eigenvalue weighted by Crippen LogP contribution is -2.30. The first kappa shape index (κ1) is 27.1. The van der Waals surface area contributed by atoms with E-state index in [1.165, 1.54) is 44.1 Å². The Morgan fingerprint density at radius 2 is 1.69 bits per heavy atom. The Morgan fingerprint density at radius 3 is 2.33 bits per heavy atom. The molecule has 11 heteroatoms. The van der Waals surface area contributed by atoms with Crippen molar-refractivity contribution in [3.8, 4) is 34.6 Å². The summed E-state index contributed by atoms with van der Waals surface area (Å²) in [6.45, 7) is 0.228. The number of pyridine rings is 1. The Bertz CT molecular complexity index is 1540. The van der Waals surface area contributed by atoms with Crippen LogP contribution in [0.5, 0.6) is 34.6 Å². The van der Waals surface area contributed by atoms with Gasteiger partial charge in [0.05, 0.1) is 26.9 Å². The van der Waals surface area contributed by atoms with Crippen molar-refractivity contribution in [2.24, 2.45) is 0 Å². The summed E-state index contributed by atoms with van der Waals surface area (Å²) in [5.74, 6) is -1.32. The van der Waals surface area contributed by atoms with Gasteiger partial charge in [0.2, 0.25) is 17.5 Å². The van der Waals surface area contributed by atoms with Crippen molar-refractivity contribution >= 4 is 11.6 Å². The third-order valence-electron chi connectivity index (χ3n) is 6.35. The lowest BCUT2D eigenvalue weighted by Gasteiger charge is -2.21. The molecule has 4 N–H and O–H groups in total. The molecule has 39 heavy (non-hydrogen) atoms. The third kappa shape index (κ3) is 5.66. The number of amides is 1. The Morgan fingerprint density at radius 1 is 0.974 bits per heavy atom. The number of methoxy groups -OCH3 is 3. The largest absolute Gasteiger partial charge is 0.504 e. The molecule has 0 aliphatic rings. The van der Waals surface area contributed by atoms with Crippen LogP contribution < -0.4 is 25.1 Å². The van der Waals surface area contributed by atoms with Crippen LogP contribution in [0.4, 0.5) is 0 Å². The van der Waals surface area contributed by atoms with Gasteiger partial charge in [-0.1, -0.05) is 12.1 Å². The molecule has 2 aromatic carbocycles. The lowest BCUT2D eigenvalue weighted by atomic mass is 9.88. The summed E-state index contributed by atoms with van der Waals surface area (Å²) in [4.78, 5) is 30.8. The highest BCUT2D eigenvalue weighted by Crippen LogP contribution is 2.42. The van der Waals surface area contributed by atoms with E-state index >= 15 is 0 Å². The zero-order valence-corrected chi connectivity index (χ0v) is 21.7. The third-order valence-corrected chi connectivity index (χ3v) is 6.35. The van der Waals surface area contributed by atoms with E-state index in [1.54, 1.807) is 36.4 Å². The molecule has 0 aliphatic heterocycles. The summed E-state index contributed by atoms with van der Waals surface area (Å²) < 4.78 is 17.6. The van der Waals surface area contributed by atoms with Crippen LogP contribution in [0.2, 0.25) is 0 Å². The number of fused-ring (bicyclic) bond motifs is 1. The van der Waals surface area contributed by atoms with Gasteiger partial charge in [-0.25, -0.2) is 0 Å². The van der Waals surface area contributed by atoms with Crippen molar-refractivity contribution in [1.29, 1.82) is 0 Å². The van der Waals surface area contributed by atoms with Crippen molar-refractivity contribution in [3.63, 3.8) is 0 Å². The topological polar surface area (TPSA) is 152 Å². The number of carbonyl (C=O) groups is 1. The quantitative estimate of drug-likeness (QED) is 0.225. The minimum atomic E-state index is -0.923. The zero-order chi connectivity index (χ0) is 28.1. The van der Waals surface area contributed by atoms with E-state index in [9.17, 15) is 24.9 Å². The van der Waals surface area contributed by atoms with Crippen LogP contribution in [0.3, 0.4) is 0 Å². The van der Waals surface area contributed by atoms with E-state index in [1.807, 2.05) is 0 Å². The second kappa shape index (κ2) is 11.6. The first-order valence-corrected chi connectivity index (χ1v) is 12.0. The average molecular weight is 536 g/mol. The molecule has 4 rings (SSSR count). The van der Waals surface area contributed by atoms with Crippen LogP contribution >= 0.6 is 0 Å². The van der Waals surface area contributed by atoms with Crippen LogP contribution in [0.25, 0.3) is 5.65 Å². The molecule has 1 amide bonds. The molecule has 1 unspecified atom stereocenters. The standard InChI is InChI=1S/C28H29N3O8/c1-37-21-13-17(14-22(38-2)26(21)39-3)18(25-27(35)30-23-6-4-5-11-31(23)28(25)36)15-24(34)29-10-9-16-7-8-19(32)20(33)12-16/h4-8,11-14,18,32-33,35H,9-10,15H2,1-3H3,(H,29,34). The Labute approximate surface area is 223 Å². The molecule has 0 saturated carbocycles. The van der Waals surface area contributed by atoms with Crippen molar-refractivity contribution in [2.45, 2.75) is 18.8 Å². The SMILES string of the molecule is COc1cc(C(CC(=O)NCCc2ccc(O)c(O)c2)c2c(O)nc3ccccn3c2=O)cc(OC)c1OC. The van der Waals surface area contributed by atoms with Gasteiger partial charge in [-0.2, -0.15) is 4.98 Å². The molecule has 0 spiro atoms. The Balaban J connectivity index is 1.71. The Hall–Kier alpha value is -4.93. The van der Waals surface area contributed by atoms with Crippen LogP contribution in [-0.4, -0.2) is 58.5 Å². The minimum Gasteiger partial charge on any atom is -0.504 e. The first-order chi connectivity index (χ1) is 18.8. The number of hydrogen-bond acceptors (Lipinski definition) is 9. The number of carbonyl (C=O) groups excluding carboxylic acids is 1. The summed E-state index contributed by atoms with van der Waals surface area (Å²) in [5.41, 5.74) is 0.847. The second-order valence-corrected chi connectivity index (χ2v) is 8.72. The molecule has 0 fully saturated rings. The molecule has 0 aliphatic carbocycles. The number of benzene rings is 2. The van der Waals surface area contributed by atoms with E-state index in [0.717, 1.165) is 0 Å². The van der Waals surface area contributed by atoms with Gasteiger partial charge < -0.3 is 34.8 Å². The molecule has 2 aromatic heterocycles. The maximum Gasteiger partial charge on any atom is 0.265 e. The van der Waals surface area contributed by atoms with Crippen LogP contribution in [0.15, 0.2) is 59.5 Å². The summed E-state index contributed by atoms with van der Waals surface area (Å²) in [6.07, 6.45) is 1.72. The van der Waals surface area contributed by atoms with Crippen molar-refractivity contribution in [2.75, 3.05) is 27.9 Å². The predicted octanol–water partition coefficient (Wildman–Crippen LogP) is 2.72. The minimum absolute atomic E-state index is 0.0634. The maximum atomic E-state index is 13.5. The number of hydrogen-bond donors (Lipinski definition) is 4. The number of phenols is 2. The molecule has 1 atom stereocenters. The fourth-order valence-corrected chi connectivity index (χ4v) is 4.41. The predicted molar refractivity (Wildman–Crippen MR) is 142 cm³/mol. The molecule has 2 heterocycles. The monoisotopic (exact) mass is 535 g/mol. The highest BCUT2D eigenvalue weighted by molar-refractivity contribution is 5.78. The van der Waals surface area contributed by atoms with Crippen LogP contribution in [0, 0.1) is 0 Å². The number of phenolic OH excluding ortho intramolecular Hbond substituents is 2. The fourth-order valence-electron chi connectivity index (χ4n) is 4.41. The molecular formula is C28H29N3O8. The van der Waals surface area contributed by atoms with Gasteiger partial charge in [-0.3, -0.25) is 14.0 Å². The van der Waals surface area contributed by atoms with Crippen LogP contribution in [-0.2, 0) is 11.2 Å². The second-order valence-electron chi connectivity index (χ2n) is 8.72. The molecule has 4 aromatic rings. The molecular weight excluding hydrogens is 506 g/mol. The van der Waals surface area contributed by atoms with Gasteiger partial charge in [0.25, 0.3) is 5.56 Å². The van der Waals surface area contributed by atoms with Gasteiger partial charge in [0.1, 0.15) is 5.65 Å². The molecule has 11 nitrogen and oxygen atoms in total. The molecule has 0 radical (unpaired) electrons. The summed E-state index contributed by atoms with van der Waals surface area (Å²) >= 11 is 0. The van der Waals surface area contributed by atoms with Crippen LogP contribution in [0.1, 0.15) is 29.0 Å². The van der Waals surface area contributed by atoms with E-state index < -0.39 is 23.3 Å². The normalized spacial score (nSPS) is 11.7. The Kier molecular flexibility index (Phi) is 8.09. The molecule has 0 bridgehead atoms. The smallest absolute Gasteiger partial charge is 0.265 e.